The van der Waals surface area contributed by atoms with E-state index < -0.39 is 0 Å². The van der Waals surface area contributed by atoms with Gasteiger partial charge >= 0.3 is 0 Å². The van der Waals surface area contributed by atoms with E-state index in [-0.39, 0.29) is 0 Å². The third-order valence-electron chi connectivity index (χ3n) is 3.68. The summed E-state index contributed by atoms with van der Waals surface area (Å²) in [6.45, 7) is 3.03. The van der Waals surface area contributed by atoms with Gasteiger partial charge in [0.25, 0.3) is 0 Å². The fraction of sp³-hybridized carbons (Fsp3) is 0.600. The molecule has 2 nitrogen and oxygen atoms in total. The first-order valence-electron chi connectivity index (χ1n) is 6.67. The molecule has 0 unspecified atom stereocenters. The minimum atomic E-state index is 0.703. The Morgan fingerprint density at radius 2 is 2.00 bits per heavy atom. The summed E-state index contributed by atoms with van der Waals surface area (Å²) >= 11 is 0. The van der Waals surface area contributed by atoms with Gasteiger partial charge in [-0.15, -0.1) is 0 Å². The Hall–Kier alpha value is -1.02. The molecule has 1 N–H and O–H groups in total. The summed E-state index contributed by atoms with van der Waals surface area (Å²) in [6, 6.07) is 7.06. The van der Waals surface area contributed by atoms with E-state index in [1.807, 2.05) is 0 Å². The SMILES string of the molecule is COc1c(C)cccc1CNC1CCCCC1. The molecule has 0 aliphatic heterocycles. The van der Waals surface area contributed by atoms with Crippen molar-refractivity contribution >= 4 is 0 Å². The number of rotatable bonds is 4. The van der Waals surface area contributed by atoms with Crippen LogP contribution in [0.5, 0.6) is 5.75 Å². The predicted octanol–water partition coefficient (Wildman–Crippen LogP) is 3.43. The van der Waals surface area contributed by atoms with Gasteiger partial charge in [-0.1, -0.05) is 37.5 Å². The lowest BCUT2D eigenvalue weighted by molar-refractivity contribution is 0.364. The van der Waals surface area contributed by atoms with Crippen LogP contribution >= 0.6 is 0 Å². The second kappa shape index (κ2) is 6.06. The number of hydrogen-bond donors (Lipinski definition) is 1. The zero-order valence-corrected chi connectivity index (χ0v) is 11.0. The molecule has 94 valence electrons. The van der Waals surface area contributed by atoms with Gasteiger partial charge in [0, 0.05) is 18.2 Å². The molecule has 1 aliphatic rings. The lowest BCUT2D eigenvalue weighted by Crippen LogP contribution is -2.30. The first-order valence-corrected chi connectivity index (χ1v) is 6.67. The van der Waals surface area contributed by atoms with Gasteiger partial charge in [0.05, 0.1) is 7.11 Å². The van der Waals surface area contributed by atoms with Crippen molar-refractivity contribution < 1.29 is 4.74 Å². The smallest absolute Gasteiger partial charge is 0.126 e. The van der Waals surface area contributed by atoms with Gasteiger partial charge in [-0.05, 0) is 25.3 Å². The number of aryl methyl sites for hydroxylation is 1. The number of ether oxygens (including phenoxy) is 1. The molecule has 1 fully saturated rings. The lowest BCUT2D eigenvalue weighted by Gasteiger charge is -2.23. The number of methoxy groups -OCH3 is 1. The van der Waals surface area contributed by atoms with Crippen molar-refractivity contribution in [2.24, 2.45) is 0 Å². The minimum Gasteiger partial charge on any atom is -0.496 e. The Kier molecular flexibility index (Phi) is 4.43. The van der Waals surface area contributed by atoms with Crippen LogP contribution in [0, 0.1) is 6.92 Å². The summed E-state index contributed by atoms with van der Waals surface area (Å²) in [5, 5.41) is 3.66. The molecule has 1 aliphatic carbocycles. The molecule has 17 heavy (non-hydrogen) atoms. The van der Waals surface area contributed by atoms with E-state index >= 15 is 0 Å². The maximum absolute atomic E-state index is 5.48. The van der Waals surface area contributed by atoms with E-state index in [1.54, 1.807) is 7.11 Å². The second-order valence-corrected chi connectivity index (χ2v) is 4.98. The summed E-state index contributed by atoms with van der Waals surface area (Å²) in [5.74, 6) is 1.04. The monoisotopic (exact) mass is 233 g/mol. The molecule has 2 heteroatoms. The largest absolute Gasteiger partial charge is 0.496 e. The predicted molar refractivity (Wildman–Crippen MR) is 71.4 cm³/mol. The number of hydrogen-bond acceptors (Lipinski definition) is 2. The van der Waals surface area contributed by atoms with Gasteiger partial charge in [0.1, 0.15) is 5.75 Å². The van der Waals surface area contributed by atoms with Crippen LogP contribution in [0.4, 0.5) is 0 Å². The van der Waals surface area contributed by atoms with Gasteiger partial charge < -0.3 is 10.1 Å². The van der Waals surface area contributed by atoms with Crippen LogP contribution in [0.1, 0.15) is 43.2 Å². The number of para-hydroxylation sites is 1. The van der Waals surface area contributed by atoms with E-state index in [9.17, 15) is 0 Å². The van der Waals surface area contributed by atoms with Gasteiger partial charge in [-0.25, -0.2) is 0 Å². The normalized spacial score (nSPS) is 17.1. The van der Waals surface area contributed by atoms with Gasteiger partial charge in [0.15, 0.2) is 0 Å². The molecular formula is C15H23NO. The summed E-state index contributed by atoms with van der Waals surface area (Å²) in [5.41, 5.74) is 2.49. The zero-order chi connectivity index (χ0) is 12.1. The summed E-state index contributed by atoms with van der Waals surface area (Å²) in [7, 11) is 1.76. The fourth-order valence-electron chi connectivity index (χ4n) is 2.71. The molecule has 0 bridgehead atoms. The van der Waals surface area contributed by atoms with E-state index in [0.717, 1.165) is 12.3 Å². The summed E-state index contributed by atoms with van der Waals surface area (Å²) in [4.78, 5) is 0. The van der Waals surface area contributed by atoms with Crippen LogP contribution in [0.3, 0.4) is 0 Å². The quantitative estimate of drug-likeness (QED) is 0.860. The number of benzene rings is 1. The van der Waals surface area contributed by atoms with Gasteiger partial charge in [-0.3, -0.25) is 0 Å². The highest BCUT2D eigenvalue weighted by molar-refractivity contribution is 5.40. The van der Waals surface area contributed by atoms with Gasteiger partial charge in [0.2, 0.25) is 0 Å². The molecule has 1 aromatic carbocycles. The van der Waals surface area contributed by atoms with Crippen molar-refractivity contribution in [1.29, 1.82) is 0 Å². The first-order chi connectivity index (χ1) is 8.31. The molecule has 0 radical (unpaired) electrons. The molecule has 0 atom stereocenters. The van der Waals surface area contributed by atoms with Crippen LogP contribution in [0.2, 0.25) is 0 Å². The Bertz CT molecular complexity index is 356. The standard InChI is InChI=1S/C15H23NO/c1-12-7-6-8-13(15(12)17-2)11-16-14-9-4-3-5-10-14/h6-8,14,16H,3-5,9-11H2,1-2H3. The van der Waals surface area contributed by atoms with Crippen molar-refractivity contribution in [3.05, 3.63) is 29.3 Å². The van der Waals surface area contributed by atoms with Gasteiger partial charge in [-0.2, -0.15) is 0 Å². The van der Waals surface area contributed by atoms with E-state index in [4.69, 9.17) is 4.74 Å². The topological polar surface area (TPSA) is 21.3 Å². The summed E-state index contributed by atoms with van der Waals surface area (Å²) in [6.07, 6.45) is 6.82. The highest BCUT2D eigenvalue weighted by Crippen LogP contribution is 2.24. The van der Waals surface area contributed by atoms with Crippen LogP contribution in [-0.4, -0.2) is 13.2 Å². The van der Waals surface area contributed by atoms with E-state index in [2.05, 4.69) is 30.4 Å². The molecular weight excluding hydrogens is 210 g/mol. The maximum atomic E-state index is 5.48. The second-order valence-electron chi connectivity index (χ2n) is 4.98. The lowest BCUT2D eigenvalue weighted by atomic mass is 9.95. The Morgan fingerprint density at radius 1 is 1.24 bits per heavy atom. The Labute approximate surface area is 104 Å². The van der Waals surface area contributed by atoms with Crippen molar-refractivity contribution in [1.82, 2.24) is 5.32 Å². The molecule has 0 aromatic heterocycles. The number of nitrogens with one attached hydrogen (secondary N) is 1. The molecule has 1 saturated carbocycles. The van der Waals surface area contributed by atoms with Crippen LogP contribution in [0.15, 0.2) is 18.2 Å². The van der Waals surface area contributed by atoms with Crippen LogP contribution < -0.4 is 10.1 Å². The average Bonchev–Trinajstić information content (AvgIpc) is 2.37. The maximum Gasteiger partial charge on any atom is 0.126 e. The highest BCUT2D eigenvalue weighted by Gasteiger charge is 2.13. The third kappa shape index (κ3) is 3.22. The molecule has 2 rings (SSSR count). The molecule has 0 saturated heterocycles. The first kappa shape index (κ1) is 12.4. The molecule has 0 spiro atoms. The van der Waals surface area contributed by atoms with Crippen molar-refractivity contribution in [3.8, 4) is 5.75 Å². The Morgan fingerprint density at radius 3 is 2.71 bits per heavy atom. The van der Waals surface area contributed by atoms with Crippen molar-refractivity contribution in [2.45, 2.75) is 51.6 Å². The van der Waals surface area contributed by atoms with Crippen LogP contribution in [0.25, 0.3) is 0 Å². The average molecular weight is 233 g/mol. The van der Waals surface area contributed by atoms with E-state index in [0.29, 0.717) is 6.04 Å². The molecule has 1 aromatic rings. The van der Waals surface area contributed by atoms with Crippen molar-refractivity contribution in [3.63, 3.8) is 0 Å². The highest BCUT2D eigenvalue weighted by atomic mass is 16.5. The summed E-state index contributed by atoms with van der Waals surface area (Å²) < 4.78 is 5.48. The zero-order valence-electron chi connectivity index (χ0n) is 11.0. The molecule has 0 heterocycles. The fourth-order valence-corrected chi connectivity index (χ4v) is 2.71. The van der Waals surface area contributed by atoms with E-state index in [1.165, 1.54) is 43.2 Å². The minimum absolute atomic E-state index is 0.703. The Balaban J connectivity index is 1.95. The third-order valence-corrected chi connectivity index (χ3v) is 3.68. The molecule has 0 amide bonds. The van der Waals surface area contributed by atoms with Crippen LogP contribution in [-0.2, 0) is 6.54 Å². The van der Waals surface area contributed by atoms with Crippen molar-refractivity contribution in [2.75, 3.05) is 7.11 Å².